The van der Waals surface area contributed by atoms with Crippen LogP contribution < -0.4 is 0 Å². The van der Waals surface area contributed by atoms with Gasteiger partial charge in [0.05, 0.1) is 26.4 Å². The van der Waals surface area contributed by atoms with Crippen LogP contribution >= 0.6 is 15.6 Å². The van der Waals surface area contributed by atoms with Crippen LogP contribution in [0.5, 0.6) is 0 Å². The first-order valence-electron chi connectivity index (χ1n) is 45.8. The maximum atomic E-state index is 13.0. The first-order valence-corrected chi connectivity index (χ1v) is 48.8. The first-order chi connectivity index (χ1) is 55.2. The highest BCUT2D eigenvalue weighted by Crippen LogP contribution is 2.45. The monoisotopic (exact) mass is 1630 g/mol. The number of hydrogen-bond donors (Lipinski definition) is 4. The Labute approximate surface area is 691 Å². The van der Waals surface area contributed by atoms with Gasteiger partial charge < -0.3 is 34.2 Å². The molecular formula is C95H168O16P2. The van der Waals surface area contributed by atoms with E-state index in [0.29, 0.717) is 19.3 Å². The van der Waals surface area contributed by atoms with E-state index in [4.69, 9.17) is 32.3 Å². The van der Waals surface area contributed by atoms with Gasteiger partial charge in [0.1, 0.15) is 25.4 Å². The minimum Gasteiger partial charge on any atom is -0.463 e. The molecule has 0 amide bonds. The molecule has 0 aromatic rings. The molecule has 113 heavy (non-hydrogen) atoms. The lowest BCUT2D eigenvalue weighted by Crippen LogP contribution is -2.30. The predicted molar refractivity (Wildman–Crippen MR) is 473 cm³/mol. The molecule has 0 saturated carbocycles. The molecule has 0 aromatic carbocycles. The smallest absolute Gasteiger partial charge is 0.463 e. The van der Waals surface area contributed by atoms with Gasteiger partial charge in [0.15, 0.2) is 6.10 Å². The third kappa shape index (κ3) is 88.6. The number of carbonyl (C=O) groups excluding carboxylic acids is 3. The Bertz CT molecular complexity index is 2540. The van der Waals surface area contributed by atoms with Crippen molar-refractivity contribution < 1.29 is 75.8 Å². The minimum atomic E-state index is -4.93. The molecule has 0 aromatic heterocycles. The van der Waals surface area contributed by atoms with Crippen LogP contribution in [0.15, 0.2) is 122 Å². The maximum Gasteiger partial charge on any atom is 0.472 e. The predicted octanol–water partition coefficient (Wildman–Crippen LogP) is 28.0. The van der Waals surface area contributed by atoms with E-state index in [1.807, 2.05) is 0 Å². The number of rotatable bonds is 87. The summed E-state index contributed by atoms with van der Waals surface area (Å²) in [5.41, 5.74) is 0. The Morgan fingerprint density at radius 3 is 0.770 bits per heavy atom. The van der Waals surface area contributed by atoms with E-state index in [1.165, 1.54) is 212 Å². The van der Waals surface area contributed by atoms with Crippen molar-refractivity contribution >= 4 is 33.6 Å². The highest BCUT2D eigenvalue weighted by molar-refractivity contribution is 7.47. The van der Waals surface area contributed by atoms with Gasteiger partial charge in [0.25, 0.3) is 0 Å². The molecule has 0 radical (unpaired) electrons. The Morgan fingerprint density at radius 1 is 0.257 bits per heavy atom. The zero-order valence-electron chi connectivity index (χ0n) is 72.0. The van der Waals surface area contributed by atoms with E-state index in [1.54, 1.807) is 0 Å². The zero-order chi connectivity index (χ0) is 82.2. The van der Waals surface area contributed by atoms with Crippen LogP contribution in [-0.4, -0.2) is 95.9 Å². The molecule has 0 aliphatic carbocycles. The van der Waals surface area contributed by atoms with E-state index in [9.17, 15) is 43.5 Å². The van der Waals surface area contributed by atoms with Crippen molar-refractivity contribution in [3.63, 3.8) is 0 Å². The number of aliphatic hydroxyl groups is 2. The van der Waals surface area contributed by atoms with E-state index < -0.39 is 91.5 Å². The third-order valence-corrected chi connectivity index (χ3v) is 21.5. The second-order valence-electron chi connectivity index (χ2n) is 30.7. The van der Waals surface area contributed by atoms with Crippen molar-refractivity contribution in [2.75, 3.05) is 39.6 Å². The fourth-order valence-corrected chi connectivity index (χ4v) is 14.3. The van der Waals surface area contributed by atoms with Crippen molar-refractivity contribution in [3.8, 4) is 0 Å². The van der Waals surface area contributed by atoms with Crippen molar-refractivity contribution in [3.05, 3.63) is 122 Å². The van der Waals surface area contributed by atoms with E-state index in [0.717, 1.165) is 135 Å². The number of hydrogen-bond acceptors (Lipinski definition) is 14. The average molecular weight is 1630 g/mol. The lowest BCUT2D eigenvalue weighted by molar-refractivity contribution is -0.161. The molecule has 0 fully saturated rings. The molecule has 4 N–H and O–H groups in total. The van der Waals surface area contributed by atoms with Gasteiger partial charge in [0, 0.05) is 19.3 Å². The second-order valence-corrected chi connectivity index (χ2v) is 33.6. The number of allylic oxidation sites excluding steroid dienone is 20. The van der Waals surface area contributed by atoms with Gasteiger partial charge in [-0.1, -0.05) is 373 Å². The van der Waals surface area contributed by atoms with Gasteiger partial charge in [0.2, 0.25) is 0 Å². The van der Waals surface area contributed by atoms with Gasteiger partial charge >= 0.3 is 33.6 Å². The fraction of sp³-hybridized carbons (Fsp3) is 0.758. The molecule has 18 heteroatoms. The number of aliphatic hydroxyl groups excluding tert-OH is 2. The minimum absolute atomic E-state index is 0.0950. The van der Waals surface area contributed by atoms with Crippen LogP contribution in [0.25, 0.3) is 0 Å². The number of ether oxygens (including phenoxy) is 3. The summed E-state index contributed by atoms with van der Waals surface area (Å²) in [4.78, 5) is 58.8. The van der Waals surface area contributed by atoms with Crippen LogP contribution in [-0.2, 0) is 55.8 Å². The summed E-state index contributed by atoms with van der Waals surface area (Å²) in [5, 5.41) is 20.7. The van der Waals surface area contributed by atoms with Gasteiger partial charge in [-0.2, -0.15) is 0 Å². The quantitative estimate of drug-likeness (QED) is 0.0146. The van der Waals surface area contributed by atoms with Gasteiger partial charge in [-0.05, 0) is 135 Å². The summed E-state index contributed by atoms with van der Waals surface area (Å²) < 4.78 is 61.3. The molecule has 16 nitrogen and oxygen atoms in total. The summed E-state index contributed by atoms with van der Waals surface area (Å²) in [6, 6.07) is 0. The van der Waals surface area contributed by atoms with E-state index in [-0.39, 0.29) is 19.3 Å². The number of carbonyl (C=O) groups is 3. The van der Waals surface area contributed by atoms with Crippen molar-refractivity contribution in [1.29, 1.82) is 0 Å². The Hall–Kier alpha value is -4.05. The van der Waals surface area contributed by atoms with Crippen LogP contribution in [0, 0.1) is 0 Å². The molecule has 654 valence electrons. The van der Waals surface area contributed by atoms with Crippen molar-refractivity contribution in [1.82, 2.24) is 0 Å². The summed E-state index contributed by atoms with van der Waals surface area (Å²) in [6.45, 7) is 2.57. The topological polar surface area (TPSA) is 231 Å². The van der Waals surface area contributed by atoms with Crippen LogP contribution in [0.3, 0.4) is 0 Å². The molecular weight excluding hydrogens is 1460 g/mol. The van der Waals surface area contributed by atoms with Gasteiger partial charge in [-0.3, -0.25) is 32.5 Å². The summed E-state index contributed by atoms with van der Waals surface area (Å²) in [6.07, 6.45) is 107. The molecule has 0 heterocycles. The summed E-state index contributed by atoms with van der Waals surface area (Å²) in [5.74, 6) is -1.57. The summed E-state index contributed by atoms with van der Waals surface area (Å²) >= 11 is 0. The van der Waals surface area contributed by atoms with Crippen molar-refractivity contribution in [2.24, 2.45) is 0 Å². The second kappa shape index (κ2) is 87.3. The Balaban J connectivity index is 4.37. The van der Waals surface area contributed by atoms with Crippen LogP contribution in [0.2, 0.25) is 0 Å². The van der Waals surface area contributed by atoms with Crippen LogP contribution in [0.4, 0.5) is 0 Å². The zero-order valence-corrected chi connectivity index (χ0v) is 73.8. The van der Waals surface area contributed by atoms with Crippen LogP contribution in [0.1, 0.15) is 406 Å². The lowest BCUT2D eigenvalue weighted by Gasteiger charge is -2.21. The molecule has 5 unspecified atom stereocenters. The number of phosphoric ester groups is 2. The molecule has 0 saturated heterocycles. The molecule has 0 bridgehead atoms. The molecule has 5 atom stereocenters. The maximum absolute atomic E-state index is 13.0. The number of phosphoric acid groups is 2. The van der Waals surface area contributed by atoms with Gasteiger partial charge in [-0.25, -0.2) is 9.13 Å². The van der Waals surface area contributed by atoms with Crippen molar-refractivity contribution in [2.45, 2.75) is 424 Å². The summed E-state index contributed by atoms with van der Waals surface area (Å²) in [7, 11) is -9.79. The third-order valence-electron chi connectivity index (χ3n) is 19.6. The lowest BCUT2D eigenvalue weighted by atomic mass is 10.0. The highest BCUT2D eigenvalue weighted by atomic mass is 31.2. The fourth-order valence-electron chi connectivity index (χ4n) is 12.7. The van der Waals surface area contributed by atoms with E-state index >= 15 is 0 Å². The standard InChI is InChI=1S/C95H168O16P2/c1-4-7-10-13-16-19-22-25-27-29-31-33-35-37-39-41-42-43-44-45-46-48-50-51-53-55-57-59-61-64-66-69-72-75-78-81-93(98)105-84-90(96)85-107-112(101,102)108-86-91(97)87-109-113(103,104)110-89-92(111-95(100)83-80-77-74-71-68-63-24-21-18-15-12-9-6-3)88-106-94(99)82-79-76-73-70-67-65-62-60-58-56-54-52-49-47-40-38-36-34-32-30-28-26-23-20-17-14-11-8-5-2/h8,11,16-17,19-21,24-28,31-34,37-40,90-92,96-97H,4-7,9-10,12-15,18,22-23,29-30,35-36,41-89H2,1-3H3,(H,101,102)(H,103,104)/b11-8-,19-16-,20-17-,24-21-,27-25-,28-26-,33-31-,34-32-,39-37-,40-38-. The van der Waals surface area contributed by atoms with E-state index in [2.05, 4.69) is 142 Å². The molecule has 0 aliphatic rings. The first kappa shape index (κ1) is 109. The van der Waals surface area contributed by atoms with Gasteiger partial charge in [-0.15, -0.1) is 0 Å². The Kier molecular flexibility index (Phi) is 84.1. The Morgan fingerprint density at radius 2 is 0.469 bits per heavy atom. The molecule has 0 aliphatic heterocycles. The highest BCUT2D eigenvalue weighted by Gasteiger charge is 2.29. The average Bonchev–Trinajstić information content (AvgIpc) is 0.899. The normalized spacial score (nSPS) is 14.4. The number of unbranched alkanes of at least 4 members (excludes halogenated alkanes) is 44. The number of esters is 3. The largest absolute Gasteiger partial charge is 0.472 e. The molecule has 0 spiro atoms. The molecule has 0 rings (SSSR count). The SMILES string of the molecule is CC/C=C\C/C=C\C/C=C\C/C=C\C/C=C\CCCCCCCCCCCCCCCC(=O)OCC(COP(=O)(O)OCC(O)COP(=O)(O)OCC(O)COC(=O)CCCCCCCCCCCCCCCCCCCCC/C=C\C/C=C\C/C=C\C/C=C\CCCCC)OC(=O)CCCCCCC/C=C\CCCCCC.